The molecule has 1 fully saturated rings. The maximum absolute atomic E-state index is 12.7. The zero-order valence-corrected chi connectivity index (χ0v) is 14.8. The third-order valence-corrected chi connectivity index (χ3v) is 4.47. The van der Waals surface area contributed by atoms with E-state index >= 15 is 0 Å². The van der Waals surface area contributed by atoms with E-state index < -0.39 is 0 Å². The SMILES string of the molecule is Cc1cc(C)nc(N2CCCN(C(=O)c3ccccc3Cl)CC2)n1. The molecule has 1 aliphatic rings. The Morgan fingerprint density at radius 2 is 1.75 bits per heavy atom. The second kappa shape index (κ2) is 7.18. The van der Waals surface area contributed by atoms with Crippen LogP contribution in [0.15, 0.2) is 30.3 Å². The molecule has 2 heterocycles. The summed E-state index contributed by atoms with van der Waals surface area (Å²) >= 11 is 6.16. The summed E-state index contributed by atoms with van der Waals surface area (Å²) in [7, 11) is 0. The van der Waals surface area contributed by atoms with Crippen molar-refractivity contribution in [2.75, 3.05) is 31.1 Å². The van der Waals surface area contributed by atoms with Crippen molar-refractivity contribution >= 4 is 23.5 Å². The zero-order valence-electron chi connectivity index (χ0n) is 14.0. The fraction of sp³-hybridized carbons (Fsp3) is 0.389. The van der Waals surface area contributed by atoms with E-state index in [0.717, 1.165) is 36.8 Å². The van der Waals surface area contributed by atoms with Crippen LogP contribution in [-0.2, 0) is 0 Å². The Bertz CT molecular complexity index is 729. The fourth-order valence-electron chi connectivity index (χ4n) is 2.97. The minimum absolute atomic E-state index is 0.0104. The van der Waals surface area contributed by atoms with E-state index in [-0.39, 0.29) is 5.91 Å². The quantitative estimate of drug-likeness (QED) is 0.840. The first-order chi connectivity index (χ1) is 11.5. The van der Waals surface area contributed by atoms with E-state index in [1.165, 1.54) is 0 Å². The number of rotatable bonds is 2. The second-order valence-corrected chi connectivity index (χ2v) is 6.47. The third-order valence-electron chi connectivity index (χ3n) is 4.14. The lowest BCUT2D eigenvalue weighted by atomic mass is 10.2. The van der Waals surface area contributed by atoms with Crippen molar-refractivity contribution in [3.63, 3.8) is 0 Å². The van der Waals surface area contributed by atoms with Crippen LogP contribution in [0.2, 0.25) is 5.02 Å². The summed E-state index contributed by atoms with van der Waals surface area (Å²) in [6, 6.07) is 9.17. The Morgan fingerprint density at radius 1 is 1.04 bits per heavy atom. The van der Waals surface area contributed by atoms with E-state index in [4.69, 9.17) is 11.6 Å². The largest absolute Gasteiger partial charge is 0.339 e. The highest BCUT2D eigenvalue weighted by atomic mass is 35.5. The van der Waals surface area contributed by atoms with Crippen LogP contribution >= 0.6 is 11.6 Å². The van der Waals surface area contributed by atoms with Crippen LogP contribution < -0.4 is 4.90 Å². The molecule has 1 aromatic carbocycles. The van der Waals surface area contributed by atoms with Crippen LogP contribution in [0.25, 0.3) is 0 Å². The number of carbonyl (C=O) groups excluding carboxylic acids is 1. The van der Waals surface area contributed by atoms with Gasteiger partial charge in [-0.1, -0.05) is 23.7 Å². The van der Waals surface area contributed by atoms with Gasteiger partial charge in [0.2, 0.25) is 5.95 Å². The predicted molar refractivity (Wildman–Crippen MR) is 95.7 cm³/mol. The van der Waals surface area contributed by atoms with Gasteiger partial charge in [-0.15, -0.1) is 0 Å². The molecular weight excluding hydrogens is 324 g/mol. The molecule has 6 heteroatoms. The molecule has 24 heavy (non-hydrogen) atoms. The Morgan fingerprint density at radius 3 is 2.46 bits per heavy atom. The second-order valence-electron chi connectivity index (χ2n) is 6.06. The van der Waals surface area contributed by atoms with E-state index in [2.05, 4.69) is 14.9 Å². The van der Waals surface area contributed by atoms with Crippen molar-refractivity contribution in [3.05, 3.63) is 52.3 Å². The number of halogens is 1. The summed E-state index contributed by atoms with van der Waals surface area (Å²) in [6.07, 6.45) is 0.881. The van der Waals surface area contributed by atoms with Gasteiger partial charge in [0.05, 0.1) is 10.6 Å². The highest BCUT2D eigenvalue weighted by molar-refractivity contribution is 6.33. The molecule has 0 N–H and O–H groups in total. The molecule has 2 aromatic rings. The van der Waals surface area contributed by atoms with Crippen molar-refractivity contribution in [1.82, 2.24) is 14.9 Å². The molecule has 1 amide bonds. The molecule has 0 unspecified atom stereocenters. The van der Waals surface area contributed by atoms with Gasteiger partial charge in [-0.2, -0.15) is 0 Å². The van der Waals surface area contributed by atoms with Crippen molar-refractivity contribution in [2.45, 2.75) is 20.3 Å². The van der Waals surface area contributed by atoms with Crippen molar-refractivity contribution in [2.24, 2.45) is 0 Å². The molecular formula is C18H21ClN4O. The van der Waals surface area contributed by atoms with Gasteiger partial charge in [0, 0.05) is 37.6 Å². The lowest BCUT2D eigenvalue weighted by Gasteiger charge is -2.23. The van der Waals surface area contributed by atoms with Crippen LogP contribution in [-0.4, -0.2) is 47.0 Å². The molecule has 126 valence electrons. The number of aryl methyl sites for hydroxylation is 2. The third kappa shape index (κ3) is 3.67. The van der Waals surface area contributed by atoms with Crippen molar-refractivity contribution in [3.8, 4) is 0 Å². The standard InChI is InChI=1S/C18H21ClN4O/c1-13-12-14(2)21-18(20-13)23-9-5-8-22(10-11-23)17(24)15-6-3-4-7-16(15)19/h3-4,6-7,12H,5,8-11H2,1-2H3. The van der Waals surface area contributed by atoms with E-state index in [9.17, 15) is 4.79 Å². The maximum atomic E-state index is 12.7. The van der Waals surface area contributed by atoms with Gasteiger partial charge >= 0.3 is 0 Å². The summed E-state index contributed by atoms with van der Waals surface area (Å²) in [4.78, 5) is 25.8. The highest BCUT2D eigenvalue weighted by Crippen LogP contribution is 2.19. The molecule has 1 aromatic heterocycles. The molecule has 0 spiro atoms. The normalized spacial score (nSPS) is 15.3. The predicted octanol–water partition coefficient (Wildman–Crippen LogP) is 3.10. The maximum Gasteiger partial charge on any atom is 0.255 e. The van der Waals surface area contributed by atoms with Gasteiger partial charge in [-0.05, 0) is 38.5 Å². The van der Waals surface area contributed by atoms with Gasteiger partial charge in [0.1, 0.15) is 0 Å². The Kier molecular flexibility index (Phi) is 5.00. The zero-order chi connectivity index (χ0) is 17.1. The van der Waals surface area contributed by atoms with Gasteiger partial charge in [-0.3, -0.25) is 4.79 Å². The minimum Gasteiger partial charge on any atom is -0.339 e. The highest BCUT2D eigenvalue weighted by Gasteiger charge is 2.22. The van der Waals surface area contributed by atoms with Crippen LogP contribution in [0.5, 0.6) is 0 Å². The number of anilines is 1. The number of carbonyl (C=O) groups is 1. The fourth-order valence-corrected chi connectivity index (χ4v) is 3.19. The smallest absolute Gasteiger partial charge is 0.255 e. The van der Waals surface area contributed by atoms with E-state index in [0.29, 0.717) is 23.7 Å². The van der Waals surface area contributed by atoms with Crippen LogP contribution in [0.3, 0.4) is 0 Å². The molecule has 5 nitrogen and oxygen atoms in total. The Labute approximate surface area is 147 Å². The Balaban J connectivity index is 1.73. The Hall–Kier alpha value is -2.14. The van der Waals surface area contributed by atoms with Gasteiger partial charge < -0.3 is 9.80 Å². The molecule has 0 saturated carbocycles. The lowest BCUT2D eigenvalue weighted by molar-refractivity contribution is 0.0767. The molecule has 0 radical (unpaired) electrons. The summed E-state index contributed by atoms with van der Waals surface area (Å²) < 4.78 is 0. The first kappa shape index (κ1) is 16.7. The van der Waals surface area contributed by atoms with Crippen molar-refractivity contribution < 1.29 is 4.79 Å². The summed E-state index contributed by atoms with van der Waals surface area (Å²) in [6.45, 7) is 6.87. The number of benzene rings is 1. The number of hydrogen-bond acceptors (Lipinski definition) is 4. The molecule has 3 rings (SSSR count). The van der Waals surface area contributed by atoms with E-state index in [1.807, 2.05) is 36.9 Å². The first-order valence-corrected chi connectivity index (χ1v) is 8.53. The van der Waals surface area contributed by atoms with Crippen LogP contribution in [0.1, 0.15) is 28.2 Å². The van der Waals surface area contributed by atoms with Crippen LogP contribution in [0, 0.1) is 13.8 Å². The lowest BCUT2D eigenvalue weighted by Crippen LogP contribution is -2.35. The summed E-state index contributed by atoms with van der Waals surface area (Å²) in [5.74, 6) is 0.739. The monoisotopic (exact) mass is 344 g/mol. The van der Waals surface area contributed by atoms with Crippen LogP contribution in [0.4, 0.5) is 5.95 Å². The average molecular weight is 345 g/mol. The number of nitrogens with zero attached hydrogens (tertiary/aromatic N) is 4. The molecule has 1 saturated heterocycles. The molecule has 0 bridgehead atoms. The average Bonchev–Trinajstić information content (AvgIpc) is 2.80. The molecule has 0 aliphatic carbocycles. The van der Waals surface area contributed by atoms with Gasteiger partial charge in [0.25, 0.3) is 5.91 Å². The summed E-state index contributed by atoms with van der Waals surface area (Å²) in [5.41, 5.74) is 2.49. The van der Waals surface area contributed by atoms with Crippen molar-refractivity contribution in [1.29, 1.82) is 0 Å². The molecule has 0 atom stereocenters. The number of aromatic nitrogens is 2. The summed E-state index contributed by atoms with van der Waals surface area (Å²) in [5, 5.41) is 0.501. The first-order valence-electron chi connectivity index (χ1n) is 8.15. The van der Waals surface area contributed by atoms with E-state index in [1.54, 1.807) is 12.1 Å². The number of hydrogen-bond donors (Lipinski definition) is 0. The van der Waals surface area contributed by atoms with Gasteiger partial charge in [0.15, 0.2) is 0 Å². The molecule has 1 aliphatic heterocycles. The topological polar surface area (TPSA) is 49.3 Å². The van der Waals surface area contributed by atoms with Gasteiger partial charge in [-0.25, -0.2) is 9.97 Å². The minimum atomic E-state index is -0.0104. The number of amides is 1.